The fourth-order valence-corrected chi connectivity index (χ4v) is 1.81. The summed E-state index contributed by atoms with van der Waals surface area (Å²) in [6.07, 6.45) is 10.4. The molecule has 0 fully saturated rings. The molecule has 0 aromatic heterocycles. The van der Waals surface area contributed by atoms with Crippen LogP contribution in [0.2, 0.25) is 0 Å². The van der Waals surface area contributed by atoms with Crippen molar-refractivity contribution in [3.05, 3.63) is 24.3 Å². The number of unbranched alkanes of at least 4 members (excludes halogenated alkanes) is 7. The highest BCUT2D eigenvalue weighted by atomic mass is 16.5. The van der Waals surface area contributed by atoms with Crippen LogP contribution in [-0.4, -0.2) is 25.2 Å². The number of carbonyl (C=O) groups excluding carboxylic acids is 2. The summed E-state index contributed by atoms with van der Waals surface area (Å²) in [5.74, 6) is -0.540. The van der Waals surface area contributed by atoms with E-state index in [1.54, 1.807) is 13.8 Å². The van der Waals surface area contributed by atoms with Crippen LogP contribution in [0.4, 0.5) is 0 Å². The first kappa shape index (κ1) is 25.7. The van der Waals surface area contributed by atoms with Gasteiger partial charge >= 0.3 is 11.9 Å². The van der Waals surface area contributed by atoms with Gasteiger partial charge in [0.05, 0.1) is 13.2 Å². The molecule has 0 aliphatic rings. The Balaban J connectivity index is 0. The first-order chi connectivity index (χ1) is 11.9. The van der Waals surface area contributed by atoms with Crippen molar-refractivity contribution in [2.24, 2.45) is 0 Å². The second-order valence-corrected chi connectivity index (χ2v) is 6.31. The average molecular weight is 355 g/mol. The molecule has 0 aromatic rings. The van der Waals surface area contributed by atoms with Crippen LogP contribution in [-0.2, 0) is 19.1 Å². The number of esters is 2. The van der Waals surface area contributed by atoms with E-state index < -0.39 is 0 Å². The van der Waals surface area contributed by atoms with Crippen LogP contribution in [0.3, 0.4) is 0 Å². The van der Waals surface area contributed by atoms with Gasteiger partial charge in [0.15, 0.2) is 0 Å². The maximum atomic E-state index is 10.9. The second kappa shape index (κ2) is 18.8. The smallest absolute Gasteiger partial charge is 0.333 e. The van der Waals surface area contributed by atoms with Crippen LogP contribution in [0, 0.1) is 0 Å². The van der Waals surface area contributed by atoms with E-state index >= 15 is 0 Å². The average Bonchev–Trinajstić information content (AvgIpc) is 2.57. The fraction of sp³-hybridized carbons (Fsp3) is 0.714. The van der Waals surface area contributed by atoms with E-state index in [2.05, 4.69) is 27.0 Å². The van der Waals surface area contributed by atoms with E-state index in [9.17, 15) is 9.59 Å². The molecule has 25 heavy (non-hydrogen) atoms. The molecule has 0 atom stereocenters. The Labute approximate surface area is 154 Å². The van der Waals surface area contributed by atoms with Crippen molar-refractivity contribution >= 4 is 11.9 Å². The minimum absolute atomic E-state index is 0.268. The molecule has 0 radical (unpaired) electrons. The Hall–Kier alpha value is -1.58. The van der Waals surface area contributed by atoms with Gasteiger partial charge in [-0.25, -0.2) is 9.59 Å². The molecule has 0 N–H and O–H groups in total. The lowest BCUT2D eigenvalue weighted by Crippen LogP contribution is -2.05. The minimum Gasteiger partial charge on any atom is -0.462 e. The van der Waals surface area contributed by atoms with Crippen molar-refractivity contribution in [3.8, 4) is 0 Å². The Morgan fingerprint density at radius 3 is 1.28 bits per heavy atom. The van der Waals surface area contributed by atoms with E-state index in [4.69, 9.17) is 9.47 Å². The minimum atomic E-state index is -0.272. The number of hydrogen-bond donors (Lipinski definition) is 0. The van der Waals surface area contributed by atoms with Gasteiger partial charge in [-0.2, -0.15) is 0 Å². The molecule has 4 heteroatoms. The highest BCUT2D eigenvalue weighted by molar-refractivity contribution is 5.87. The van der Waals surface area contributed by atoms with E-state index in [1.807, 2.05) is 0 Å². The zero-order chi connectivity index (χ0) is 19.5. The van der Waals surface area contributed by atoms with Gasteiger partial charge in [0.2, 0.25) is 0 Å². The van der Waals surface area contributed by atoms with Crippen LogP contribution < -0.4 is 0 Å². The van der Waals surface area contributed by atoms with Gasteiger partial charge in [0, 0.05) is 11.1 Å². The molecule has 0 rings (SSSR count). The Morgan fingerprint density at radius 2 is 0.960 bits per heavy atom. The van der Waals surface area contributed by atoms with E-state index in [0.29, 0.717) is 24.4 Å². The molecule has 0 heterocycles. The van der Waals surface area contributed by atoms with Crippen molar-refractivity contribution in [1.29, 1.82) is 0 Å². The summed E-state index contributed by atoms with van der Waals surface area (Å²) in [4.78, 5) is 21.8. The molecule has 0 saturated heterocycles. The topological polar surface area (TPSA) is 52.6 Å². The van der Waals surface area contributed by atoms with Crippen LogP contribution in [0.15, 0.2) is 24.3 Å². The standard InChI is InChI=1S/C11H20O2.C10H18O2/c1-4-5-6-7-8-9-13-11(12)10(2)3;1-4-5-6-7-8-12-10(11)9(2)3/h2,4-9H2,1,3H3;2,4-8H2,1,3H3. The van der Waals surface area contributed by atoms with Gasteiger partial charge in [-0.15, -0.1) is 0 Å². The third-order valence-corrected chi connectivity index (χ3v) is 3.41. The summed E-state index contributed by atoms with van der Waals surface area (Å²) in [6.45, 7) is 15.7. The maximum Gasteiger partial charge on any atom is 0.333 e. The van der Waals surface area contributed by atoms with Crippen molar-refractivity contribution in [1.82, 2.24) is 0 Å². The van der Waals surface area contributed by atoms with Crippen molar-refractivity contribution < 1.29 is 19.1 Å². The maximum absolute atomic E-state index is 10.9. The van der Waals surface area contributed by atoms with Crippen molar-refractivity contribution in [2.75, 3.05) is 13.2 Å². The molecular weight excluding hydrogens is 316 g/mol. The number of hydrogen-bond acceptors (Lipinski definition) is 4. The van der Waals surface area contributed by atoms with E-state index in [1.165, 1.54) is 32.1 Å². The molecule has 0 saturated carbocycles. The molecule has 0 aliphatic carbocycles. The molecule has 0 spiro atoms. The van der Waals surface area contributed by atoms with Gasteiger partial charge in [-0.1, -0.05) is 72.0 Å². The molecule has 0 unspecified atom stereocenters. The Kier molecular flexibility index (Phi) is 19.2. The second-order valence-electron chi connectivity index (χ2n) is 6.31. The largest absolute Gasteiger partial charge is 0.462 e. The molecule has 146 valence electrons. The quantitative estimate of drug-likeness (QED) is 0.240. The van der Waals surface area contributed by atoms with Crippen LogP contribution in [0.1, 0.15) is 85.5 Å². The molecule has 0 amide bonds. The summed E-state index contributed by atoms with van der Waals surface area (Å²) in [5, 5.41) is 0. The van der Waals surface area contributed by atoms with E-state index in [-0.39, 0.29) is 11.9 Å². The van der Waals surface area contributed by atoms with Gasteiger partial charge in [-0.05, 0) is 26.7 Å². The van der Waals surface area contributed by atoms with Crippen molar-refractivity contribution in [2.45, 2.75) is 85.5 Å². The van der Waals surface area contributed by atoms with Gasteiger partial charge in [0.1, 0.15) is 0 Å². The summed E-state index contributed by atoms with van der Waals surface area (Å²) >= 11 is 0. The predicted octanol–water partition coefficient (Wildman–Crippen LogP) is 5.76. The monoisotopic (exact) mass is 354 g/mol. The lowest BCUT2D eigenvalue weighted by Gasteiger charge is -2.03. The lowest BCUT2D eigenvalue weighted by atomic mass is 10.2. The van der Waals surface area contributed by atoms with Crippen LogP contribution in [0.25, 0.3) is 0 Å². The molecule has 4 nitrogen and oxygen atoms in total. The SMILES string of the molecule is C=C(C)C(=O)OCCCCCC.C=C(C)C(=O)OCCCCCCC. The molecule has 0 bridgehead atoms. The summed E-state index contributed by atoms with van der Waals surface area (Å²) in [7, 11) is 0. The lowest BCUT2D eigenvalue weighted by molar-refractivity contribution is -0.139. The van der Waals surface area contributed by atoms with Gasteiger partial charge in [-0.3, -0.25) is 0 Å². The normalized spacial score (nSPS) is 9.60. The van der Waals surface area contributed by atoms with Gasteiger partial charge in [0.25, 0.3) is 0 Å². The summed E-state index contributed by atoms with van der Waals surface area (Å²) in [5.41, 5.74) is 0.957. The first-order valence-electron chi connectivity index (χ1n) is 9.52. The van der Waals surface area contributed by atoms with E-state index in [0.717, 1.165) is 25.7 Å². The van der Waals surface area contributed by atoms with Crippen LogP contribution in [0.5, 0.6) is 0 Å². The highest BCUT2D eigenvalue weighted by Gasteiger charge is 2.01. The van der Waals surface area contributed by atoms with Crippen molar-refractivity contribution in [3.63, 3.8) is 0 Å². The third-order valence-electron chi connectivity index (χ3n) is 3.41. The van der Waals surface area contributed by atoms with Gasteiger partial charge < -0.3 is 9.47 Å². The number of ether oxygens (including phenoxy) is 2. The molecule has 0 aromatic carbocycles. The summed E-state index contributed by atoms with van der Waals surface area (Å²) < 4.78 is 9.86. The van der Waals surface area contributed by atoms with Crippen LogP contribution >= 0.6 is 0 Å². The highest BCUT2D eigenvalue weighted by Crippen LogP contribution is 2.03. The Morgan fingerprint density at radius 1 is 0.640 bits per heavy atom. The zero-order valence-corrected chi connectivity index (χ0v) is 16.8. The number of rotatable bonds is 13. The predicted molar refractivity (Wildman–Crippen MR) is 104 cm³/mol. The zero-order valence-electron chi connectivity index (χ0n) is 16.8. The molecular formula is C21H38O4. The first-order valence-corrected chi connectivity index (χ1v) is 9.52. The fourth-order valence-electron chi connectivity index (χ4n) is 1.81. The summed E-state index contributed by atoms with van der Waals surface area (Å²) in [6, 6.07) is 0. The Bertz CT molecular complexity index is 385. The molecule has 0 aliphatic heterocycles. The third kappa shape index (κ3) is 20.4. The number of carbonyl (C=O) groups is 2.